The molecule has 1 saturated heterocycles. The zero-order chi connectivity index (χ0) is 19.5. The Kier molecular flexibility index (Phi) is 4.89. The molecule has 0 bridgehead atoms. The Hall–Kier alpha value is -3.48. The van der Waals surface area contributed by atoms with Crippen molar-refractivity contribution in [2.75, 3.05) is 13.7 Å². The molecule has 7 heteroatoms. The minimum atomic E-state index is -0.347. The summed E-state index contributed by atoms with van der Waals surface area (Å²) < 4.78 is 5.20. The molecule has 0 spiro atoms. The number of rotatable bonds is 4. The molecule has 1 aromatic heterocycles. The molecule has 1 amide bonds. The molecular formula is C21H20N4O3. The molecule has 7 nitrogen and oxygen atoms in total. The van der Waals surface area contributed by atoms with Crippen molar-refractivity contribution in [1.82, 2.24) is 15.0 Å². The predicted octanol–water partition coefficient (Wildman–Crippen LogP) is 3.63. The molecular weight excluding hydrogens is 356 g/mol. The van der Waals surface area contributed by atoms with E-state index >= 15 is 0 Å². The smallest absolute Gasteiger partial charge is 0.254 e. The molecule has 0 aliphatic carbocycles. The zero-order valence-electron chi connectivity index (χ0n) is 15.7. The third kappa shape index (κ3) is 3.38. The third-order valence-electron chi connectivity index (χ3n) is 4.89. The van der Waals surface area contributed by atoms with Gasteiger partial charge in [-0.15, -0.1) is 0 Å². The Labute approximate surface area is 162 Å². The quantitative estimate of drug-likeness (QED) is 0.650. The number of aromatic nitrogens is 2. The van der Waals surface area contributed by atoms with Crippen LogP contribution in [-0.4, -0.2) is 40.3 Å². The molecule has 1 atom stereocenters. The van der Waals surface area contributed by atoms with Crippen LogP contribution in [-0.2, 0) is 4.84 Å². The highest BCUT2D eigenvalue weighted by Crippen LogP contribution is 2.31. The van der Waals surface area contributed by atoms with Crippen LogP contribution in [0.1, 0.15) is 34.3 Å². The lowest BCUT2D eigenvalue weighted by atomic mass is 9.99. The number of oxime groups is 1. The van der Waals surface area contributed by atoms with Crippen LogP contribution >= 0.6 is 0 Å². The summed E-state index contributed by atoms with van der Waals surface area (Å²) >= 11 is 0. The van der Waals surface area contributed by atoms with Crippen LogP contribution in [0.3, 0.4) is 0 Å². The number of hydrogen-bond acceptors (Lipinski definition) is 6. The fourth-order valence-corrected chi connectivity index (χ4v) is 3.52. The number of amides is 1. The Morgan fingerprint density at radius 1 is 1.21 bits per heavy atom. The summed E-state index contributed by atoms with van der Waals surface area (Å²) in [6.07, 6.45) is 1.84. The molecule has 2 aromatic carbocycles. The van der Waals surface area contributed by atoms with E-state index in [-0.39, 0.29) is 11.9 Å². The lowest BCUT2D eigenvalue weighted by molar-refractivity contribution is 0.0713. The van der Waals surface area contributed by atoms with Crippen LogP contribution in [0.2, 0.25) is 0 Å². The van der Waals surface area contributed by atoms with E-state index in [0.29, 0.717) is 24.4 Å². The second kappa shape index (κ2) is 7.64. The number of carbonyl (C=O) groups is 1. The first kappa shape index (κ1) is 17.9. The average molecular weight is 376 g/mol. The van der Waals surface area contributed by atoms with E-state index < -0.39 is 0 Å². The van der Waals surface area contributed by atoms with Crippen molar-refractivity contribution in [3.05, 3.63) is 71.9 Å². The van der Waals surface area contributed by atoms with Gasteiger partial charge in [-0.1, -0.05) is 46.7 Å². The van der Waals surface area contributed by atoms with Gasteiger partial charge in [-0.2, -0.15) is 4.98 Å². The minimum absolute atomic E-state index is 0.110. The second-order valence-electron chi connectivity index (χ2n) is 6.66. The molecule has 2 heterocycles. The topological polar surface area (TPSA) is 80.8 Å². The molecule has 1 aliphatic heterocycles. The first-order chi connectivity index (χ1) is 13.7. The van der Waals surface area contributed by atoms with E-state index in [1.165, 1.54) is 19.0 Å². The van der Waals surface area contributed by atoms with Crippen molar-refractivity contribution in [1.29, 1.82) is 0 Å². The Morgan fingerprint density at radius 3 is 2.68 bits per heavy atom. The van der Waals surface area contributed by atoms with Gasteiger partial charge in [0.2, 0.25) is 5.89 Å². The van der Waals surface area contributed by atoms with Gasteiger partial charge in [0.25, 0.3) is 5.91 Å². The van der Waals surface area contributed by atoms with Crippen LogP contribution in [0.15, 0.2) is 64.5 Å². The maximum absolute atomic E-state index is 13.2. The third-order valence-corrected chi connectivity index (χ3v) is 4.89. The van der Waals surface area contributed by atoms with Crippen LogP contribution in [0.25, 0.3) is 11.1 Å². The number of carbonyl (C=O) groups excluding carboxylic acids is 1. The maximum Gasteiger partial charge on any atom is 0.254 e. The highest BCUT2D eigenvalue weighted by atomic mass is 16.6. The minimum Gasteiger partial charge on any atom is -0.399 e. The van der Waals surface area contributed by atoms with Crippen molar-refractivity contribution in [3.8, 4) is 11.1 Å². The van der Waals surface area contributed by atoms with Gasteiger partial charge in [-0.05, 0) is 35.7 Å². The van der Waals surface area contributed by atoms with E-state index in [1.807, 2.05) is 36.4 Å². The summed E-state index contributed by atoms with van der Waals surface area (Å²) in [7, 11) is 1.49. The van der Waals surface area contributed by atoms with Gasteiger partial charge in [0, 0.05) is 12.0 Å². The highest BCUT2D eigenvalue weighted by molar-refractivity contribution is 6.00. The van der Waals surface area contributed by atoms with Crippen molar-refractivity contribution in [2.45, 2.75) is 19.4 Å². The lowest BCUT2D eigenvalue weighted by Gasteiger charge is -2.21. The zero-order valence-corrected chi connectivity index (χ0v) is 15.7. The van der Waals surface area contributed by atoms with E-state index in [4.69, 9.17) is 9.36 Å². The number of aryl methyl sites for hydroxylation is 1. The molecule has 3 aromatic rings. The van der Waals surface area contributed by atoms with E-state index in [9.17, 15) is 4.79 Å². The summed E-state index contributed by atoms with van der Waals surface area (Å²) in [6.45, 7) is 2.43. The molecule has 142 valence electrons. The molecule has 0 saturated carbocycles. The Bertz CT molecular complexity index is 997. The van der Waals surface area contributed by atoms with Crippen molar-refractivity contribution < 1.29 is 14.2 Å². The standard InChI is InChI=1S/C21H20N4O3/c1-14-5-3-4-6-18(14)15-7-9-16(10-8-15)21(26)25-12-17(24-27-2)11-19(25)20-22-13-23-28-20/h3-10,13,19H,11-12H2,1-2H3/b24-17-/t19-/m1/s1. The predicted molar refractivity (Wildman–Crippen MR) is 104 cm³/mol. The van der Waals surface area contributed by atoms with Gasteiger partial charge in [-0.3, -0.25) is 4.79 Å². The summed E-state index contributed by atoms with van der Waals surface area (Å²) in [4.78, 5) is 23.8. The SMILES string of the molecule is CO/N=C1/C[C@H](c2ncno2)N(C(=O)c2ccc(-c3ccccc3C)cc2)C1. The van der Waals surface area contributed by atoms with Crippen LogP contribution in [0.4, 0.5) is 0 Å². The molecule has 0 radical (unpaired) electrons. The Morgan fingerprint density at radius 2 is 2.00 bits per heavy atom. The van der Waals surface area contributed by atoms with Crippen LogP contribution in [0.5, 0.6) is 0 Å². The largest absolute Gasteiger partial charge is 0.399 e. The lowest BCUT2D eigenvalue weighted by Crippen LogP contribution is -2.31. The fraction of sp³-hybridized carbons (Fsp3) is 0.238. The number of benzene rings is 2. The van der Waals surface area contributed by atoms with Gasteiger partial charge in [0.05, 0.1) is 12.3 Å². The number of likely N-dealkylation sites (tertiary alicyclic amines) is 1. The molecule has 1 aliphatic rings. The normalized spacial score (nSPS) is 17.9. The summed E-state index contributed by atoms with van der Waals surface area (Å²) in [6, 6.07) is 15.5. The first-order valence-corrected chi connectivity index (χ1v) is 9.00. The van der Waals surface area contributed by atoms with Gasteiger partial charge < -0.3 is 14.3 Å². The van der Waals surface area contributed by atoms with Crippen molar-refractivity contribution >= 4 is 11.6 Å². The molecule has 1 fully saturated rings. The van der Waals surface area contributed by atoms with Gasteiger partial charge in [-0.25, -0.2) is 0 Å². The summed E-state index contributed by atoms with van der Waals surface area (Å²) in [5.41, 5.74) is 4.78. The van der Waals surface area contributed by atoms with Gasteiger partial charge in [0.15, 0.2) is 6.33 Å². The van der Waals surface area contributed by atoms with Gasteiger partial charge >= 0.3 is 0 Å². The molecule has 4 rings (SSSR count). The van der Waals surface area contributed by atoms with E-state index in [1.54, 1.807) is 4.90 Å². The van der Waals surface area contributed by atoms with Crippen molar-refractivity contribution in [2.24, 2.45) is 5.16 Å². The summed E-state index contributed by atoms with van der Waals surface area (Å²) in [5, 5.41) is 7.67. The Balaban J connectivity index is 1.61. The van der Waals surface area contributed by atoms with Crippen LogP contribution in [0, 0.1) is 6.92 Å². The number of hydrogen-bond donors (Lipinski definition) is 0. The fourth-order valence-electron chi connectivity index (χ4n) is 3.52. The average Bonchev–Trinajstić information content (AvgIpc) is 3.38. The molecule has 28 heavy (non-hydrogen) atoms. The second-order valence-corrected chi connectivity index (χ2v) is 6.66. The molecule has 0 unspecified atom stereocenters. The monoisotopic (exact) mass is 376 g/mol. The van der Waals surface area contributed by atoms with Crippen LogP contribution < -0.4 is 0 Å². The van der Waals surface area contributed by atoms with E-state index in [0.717, 1.165) is 16.8 Å². The maximum atomic E-state index is 13.2. The van der Waals surface area contributed by atoms with Gasteiger partial charge in [0.1, 0.15) is 13.2 Å². The first-order valence-electron chi connectivity index (χ1n) is 9.00. The number of nitrogens with zero attached hydrogens (tertiary/aromatic N) is 4. The van der Waals surface area contributed by atoms with Crippen molar-refractivity contribution in [3.63, 3.8) is 0 Å². The highest BCUT2D eigenvalue weighted by Gasteiger charge is 2.38. The van der Waals surface area contributed by atoms with E-state index in [2.05, 4.69) is 34.4 Å². The molecule has 0 N–H and O–H groups in total. The summed E-state index contributed by atoms with van der Waals surface area (Å²) in [5.74, 6) is 0.284.